The van der Waals surface area contributed by atoms with E-state index < -0.39 is 0 Å². The quantitative estimate of drug-likeness (QED) is 0.904. The number of rotatable bonds is 5. The van der Waals surface area contributed by atoms with Crippen LogP contribution in [0.25, 0.3) is 0 Å². The molecule has 1 fully saturated rings. The van der Waals surface area contributed by atoms with Crippen LogP contribution in [-0.4, -0.2) is 44.8 Å². The first-order chi connectivity index (χ1) is 10.0. The summed E-state index contributed by atoms with van der Waals surface area (Å²) >= 11 is 0. The highest BCUT2D eigenvalue weighted by Crippen LogP contribution is 2.31. The largest absolute Gasteiger partial charge is 0.493 e. The van der Waals surface area contributed by atoms with Gasteiger partial charge in [-0.05, 0) is 57.0 Å². The van der Waals surface area contributed by atoms with Crippen molar-refractivity contribution in [3.8, 4) is 11.5 Å². The van der Waals surface area contributed by atoms with E-state index in [1.807, 2.05) is 0 Å². The Morgan fingerprint density at radius 3 is 2.24 bits per heavy atom. The monoisotopic (exact) mass is 292 g/mol. The van der Waals surface area contributed by atoms with Crippen LogP contribution in [0.2, 0.25) is 0 Å². The van der Waals surface area contributed by atoms with Crippen LogP contribution >= 0.6 is 0 Å². The van der Waals surface area contributed by atoms with E-state index in [1.54, 1.807) is 14.2 Å². The second kappa shape index (κ2) is 6.67. The molecule has 1 aliphatic rings. The van der Waals surface area contributed by atoms with Crippen LogP contribution in [0.15, 0.2) is 12.1 Å². The number of aryl methyl sites for hydroxylation is 1. The molecule has 0 aliphatic carbocycles. The molecule has 118 valence electrons. The Bertz CT molecular complexity index is 480. The zero-order chi connectivity index (χ0) is 15.5. The third kappa shape index (κ3) is 3.69. The van der Waals surface area contributed by atoms with Crippen molar-refractivity contribution in [2.75, 3.05) is 34.4 Å². The Morgan fingerprint density at radius 2 is 1.71 bits per heavy atom. The summed E-state index contributed by atoms with van der Waals surface area (Å²) in [5, 5.41) is 3.45. The van der Waals surface area contributed by atoms with Gasteiger partial charge in [0.05, 0.1) is 14.2 Å². The van der Waals surface area contributed by atoms with Crippen LogP contribution in [0.4, 0.5) is 0 Å². The van der Waals surface area contributed by atoms with Crippen molar-refractivity contribution in [1.29, 1.82) is 0 Å². The lowest BCUT2D eigenvalue weighted by Crippen LogP contribution is -2.49. The molecule has 1 N–H and O–H groups in total. The first-order valence-electron chi connectivity index (χ1n) is 7.64. The van der Waals surface area contributed by atoms with Crippen LogP contribution < -0.4 is 14.8 Å². The van der Waals surface area contributed by atoms with Gasteiger partial charge in [0.2, 0.25) is 0 Å². The molecule has 21 heavy (non-hydrogen) atoms. The maximum absolute atomic E-state index is 5.42. The molecular weight excluding hydrogens is 264 g/mol. The maximum Gasteiger partial charge on any atom is 0.161 e. The summed E-state index contributed by atoms with van der Waals surface area (Å²) < 4.78 is 10.8. The molecule has 1 aliphatic heterocycles. The highest BCUT2D eigenvalue weighted by atomic mass is 16.5. The van der Waals surface area contributed by atoms with Crippen LogP contribution in [0.3, 0.4) is 0 Å². The van der Waals surface area contributed by atoms with Gasteiger partial charge in [-0.2, -0.15) is 0 Å². The number of nitrogens with one attached hydrogen (secondary N) is 1. The average Bonchev–Trinajstić information content (AvgIpc) is 2.51. The molecule has 0 aromatic heterocycles. The molecule has 2 rings (SSSR count). The highest BCUT2D eigenvalue weighted by molar-refractivity contribution is 5.47. The third-order valence-corrected chi connectivity index (χ3v) is 4.80. The van der Waals surface area contributed by atoms with E-state index in [0.29, 0.717) is 5.54 Å². The van der Waals surface area contributed by atoms with Gasteiger partial charge in [-0.1, -0.05) is 0 Å². The number of hydrogen-bond donors (Lipinski definition) is 1. The number of ether oxygens (including phenoxy) is 2. The van der Waals surface area contributed by atoms with Gasteiger partial charge in [-0.3, -0.25) is 4.90 Å². The molecule has 0 atom stereocenters. The van der Waals surface area contributed by atoms with E-state index in [4.69, 9.17) is 9.47 Å². The molecule has 0 saturated carbocycles. The van der Waals surface area contributed by atoms with Crippen molar-refractivity contribution in [3.05, 3.63) is 23.3 Å². The molecular formula is C17H28N2O2. The molecule has 0 amide bonds. The van der Waals surface area contributed by atoms with E-state index in [9.17, 15) is 0 Å². The highest BCUT2D eigenvalue weighted by Gasteiger charge is 2.28. The maximum atomic E-state index is 5.42. The summed E-state index contributed by atoms with van der Waals surface area (Å²) in [6.45, 7) is 7.69. The SMILES string of the molecule is CNC1(C)CCN(Cc2cc(OC)c(OC)cc2C)CC1. The third-order valence-electron chi connectivity index (χ3n) is 4.80. The zero-order valence-electron chi connectivity index (χ0n) is 14.0. The van der Waals surface area contributed by atoms with Crippen molar-refractivity contribution in [2.24, 2.45) is 0 Å². The molecule has 0 unspecified atom stereocenters. The molecule has 1 aromatic rings. The minimum atomic E-state index is 0.295. The van der Waals surface area contributed by atoms with Gasteiger partial charge in [0.1, 0.15) is 0 Å². The topological polar surface area (TPSA) is 33.7 Å². The van der Waals surface area contributed by atoms with Crippen molar-refractivity contribution in [3.63, 3.8) is 0 Å². The van der Waals surface area contributed by atoms with E-state index in [2.05, 4.69) is 43.2 Å². The summed E-state index contributed by atoms with van der Waals surface area (Å²) in [5.41, 5.74) is 2.87. The van der Waals surface area contributed by atoms with Crippen LogP contribution in [0.1, 0.15) is 30.9 Å². The van der Waals surface area contributed by atoms with Crippen molar-refractivity contribution in [2.45, 2.75) is 38.8 Å². The van der Waals surface area contributed by atoms with Crippen LogP contribution in [-0.2, 0) is 6.54 Å². The molecule has 4 heteroatoms. The Hall–Kier alpha value is -1.26. The standard InChI is InChI=1S/C17H28N2O2/c1-13-10-15(20-4)16(21-5)11-14(13)12-19-8-6-17(2,18-3)7-9-19/h10-11,18H,6-9,12H2,1-5H3. The number of nitrogens with zero attached hydrogens (tertiary/aromatic N) is 1. The summed E-state index contributed by atoms with van der Waals surface area (Å²) in [7, 11) is 5.44. The van der Waals surface area contributed by atoms with Crippen molar-refractivity contribution < 1.29 is 9.47 Å². The molecule has 0 spiro atoms. The van der Waals surface area contributed by atoms with Crippen LogP contribution in [0.5, 0.6) is 11.5 Å². The number of hydrogen-bond acceptors (Lipinski definition) is 4. The Labute approximate surface area is 128 Å². The second-order valence-electron chi connectivity index (χ2n) is 6.22. The summed E-state index contributed by atoms with van der Waals surface area (Å²) in [4.78, 5) is 2.52. The number of likely N-dealkylation sites (tertiary alicyclic amines) is 1. The van der Waals surface area contributed by atoms with Gasteiger partial charge in [0.15, 0.2) is 11.5 Å². The van der Waals surface area contributed by atoms with E-state index >= 15 is 0 Å². The lowest BCUT2D eigenvalue weighted by Gasteiger charge is -2.39. The summed E-state index contributed by atoms with van der Waals surface area (Å²) in [6.07, 6.45) is 2.38. The van der Waals surface area contributed by atoms with Gasteiger partial charge in [-0.15, -0.1) is 0 Å². The summed E-state index contributed by atoms with van der Waals surface area (Å²) in [5.74, 6) is 1.62. The predicted octanol–water partition coefficient (Wildman–Crippen LogP) is 2.59. The Morgan fingerprint density at radius 1 is 1.14 bits per heavy atom. The Kier molecular flexibility index (Phi) is 5.12. The van der Waals surface area contributed by atoms with Crippen molar-refractivity contribution >= 4 is 0 Å². The number of methoxy groups -OCH3 is 2. The molecule has 1 heterocycles. The number of benzene rings is 1. The molecule has 1 saturated heterocycles. The average molecular weight is 292 g/mol. The first kappa shape index (κ1) is 16.1. The van der Waals surface area contributed by atoms with Gasteiger partial charge in [-0.25, -0.2) is 0 Å². The zero-order valence-corrected chi connectivity index (χ0v) is 14.0. The fourth-order valence-electron chi connectivity index (χ4n) is 2.89. The first-order valence-corrected chi connectivity index (χ1v) is 7.64. The molecule has 1 aromatic carbocycles. The van der Waals surface area contributed by atoms with Gasteiger partial charge >= 0.3 is 0 Å². The van der Waals surface area contributed by atoms with E-state index in [0.717, 1.165) is 31.1 Å². The summed E-state index contributed by atoms with van der Waals surface area (Å²) in [6, 6.07) is 4.18. The van der Waals surface area contributed by atoms with E-state index in [1.165, 1.54) is 24.0 Å². The van der Waals surface area contributed by atoms with Crippen LogP contribution in [0, 0.1) is 6.92 Å². The minimum Gasteiger partial charge on any atom is -0.493 e. The lowest BCUT2D eigenvalue weighted by molar-refractivity contribution is 0.146. The van der Waals surface area contributed by atoms with Gasteiger partial charge in [0, 0.05) is 25.2 Å². The lowest BCUT2D eigenvalue weighted by atomic mass is 9.89. The predicted molar refractivity (Wildman–Crippen MR) is 86.3 cm³/mol. The molecule has 0 radical (unpaired) electrons. The second-order valence-corrected chi connectivity index (χ2v) is 6.22. The number of piperidine rings is 1. The normalized spacial score (nSPS) is 18.5. The smallest absolute Gasteiger partial charge is 0.161 e. The molecule has 0 bridgehead atoms. The Balaban J connectivity index is 2.07. The van der Waals surface area contributed by atoms with Gasteiger partial charge < -0.3 is 14.8 Å². The minimum absolute atomic E-state index is 0.295. The fraction of sp³-hybridized carbons (Fsp3) is 0.647. The van der Waals surface area contributed by atoms with E-state index in [-0.39, 0.29) is 0 Å². The van der Waals surface area contributed by atoms with Gasteiger partial charge in [0.25, 0.3) is 0 Å². The molecule has 4 nitrogen and oxygen atoms in total. The van der Waals surface area contributed by atoms with Crippen molar-refractivity contribution in [1.82, 2.24) is 10.2 Å². The fourth-order valence-corrected chi connectivity index (χ4v) is 2.89.